The van der Waals surface area contributed by atoms with Crippen molar-refractivity contribution in [3.05, 3.63) is 11.6 Å². The molecule has 0 aromatic heterocycles. The fourth-order valence-corrected chi connectivity index (χ4v) is 1.94. The largest absolute Gasteiger partial charge is 0.356 e. The van der Waals surface area contributed by atoms with Crippen molar-refractivity contribution in [3.63, 3.8) is 0 Å². The van der Waals surface area contributed by atoms with Crippen molar-refractivity contribution in [1.29, 1.82) is 0 Å². The number of allylic oxidation sites excluding steroid dienone is 1. The normalized spacial score (nSPS) is 17.2. The highest BCUT2D eigenvalue weighted by Gasteiger charge is 2.04. The van der Waals surface area contributed by atoms with Crippen LogP contribution in [0.2, 0.25) is 0 Å². The predicted molar refractivity (Wildman–Crippen MR) is 70.8 cm³/mol. The van der Waals surface area contributed by atoms with Crippen LogP contribution in [0.4, 0.5) is 0 Å². The van der Waals surface area contributed by atoms with Crippen molar-refractivity contribution in [1.82, 2.24) is 10.6 Å². The van der Waals surface area contributed by atoms with Crippen LogP contribution in [0.5, 0.6) is 0 Å². The topological polar surface area (TPSA) is 36.4 Å². The van der Waals surface area contributed by atoms with Gasteiger partial charge in [-0.05, 0) is 46.0 Å². The van der Waals surface area contributed by atoms with Crippen molar-refractivity contribution in [3.8, 4) is 0 Å². The first kappa shape index (κ1) is 13.1. The van der Waals surface area contributed by atoms with Crippen molar-refractivity contribution in [2.45, 2.75) is 52.0 Å². The molecule has 0 saturated heterocycles. The smallest absolute Gasteiger partial charge is 0.191 e. The van der Waals surface area contributed by atoms with Crippen molar-refractivity contribution in [2.24, 2.45) is 4.99 Å². The minimum Gasteiger partial charge on any atom is -0.356 e. The molecule has 0 bridgehead atoms. The maximum Gasteiger partial charge on any atom is 0.191 e. The first-order valence-corrected chi connectivity index (χ1v) is 6.37. The van der Waals surface area contributed by atoms with Gasteiger partial charge in [0.15, 0.2) is 5.96 Å². The van der Waals surface area contributed by atoms with Gasteiger partial charge < -0.3 is 10.6 Å². The summed E-state index contributed by atoms with van der Waals surface area (Å²) in [7, 11) is 1.82. The zero-order valence-electron chi connectivity index (χ0n) is 10.8. The van der Waals surface area contributed by atoms with Gasteiger partial charge in [-0.1, -0.05) is 11.6 Å². The molecule has 0 unspecified atom stereocenters. The molecule has 0 amide bonds. The number of aliphatic imine (C=N–C) groups is 1. The zero-order valence-corrected chi connectivity index (χ0v) is 10.8. The quantitative estimate of drug-likeness (QED) is 0.436. The third kappa shape index (κ3) is 5.19. The Bertz CT molecular complexity index is 254. The summed E-state index contributed by atoms with van der Waals surface area (Å²) in [4.78, 5) is 4.19. The summed E-state index contributed by atoms with van der Waals surface area (Å²) in [6, 6.07) is 0.431. The van der Waals surface area contributed by atoms with E-state index in [-0.39, 0.29) is 0 Å². The maximum absolute atomic E-state index is 4.19. The SMILES string of the molecule is CN=C(NCCC1=CCCCC1)NC(C)C. The molecule has 1 aliphatic rings. The second-order valence-electron chi connectivity index (χ2n) is 4.66. The van der Waals surface area contributed by atoms with E-state index in [0.717, 1.165) is 18.9 Å². The summed E-state index contributed by atoms with van der Waals surface area (Å²) in [6.45, 7) is 5.23. The summed E-state index contributed by atoms with van der Waals surface area (Å²) in [5, 5.41) is 6.63. The highest BCUT2D eigenvalue weighted by molar-refractivity contribution is 5.79. The van der Waals surface area contributed by atoms with Crippen molar-refractivity contribution >= 4 is 5.96 Å². The van der Waals surface area contributed by atoms with E-state index < -0.39 is 0 Å². The molecule has 0 saturated carbocycles. The van der Waals surface area contributed by atoms with Gasteiger partial charge in [0.1, 0.15) is 0 Å². The van der Waals surface area contributed by atoms with Gasteiger partial charge in [-0.15, -0.1) is 0 Å². The fourth-order valence-electron chi connectivity index (χ4n) is 1.94. The van der Waals surface area contributed by atoms with Crippen LogP contribution in [0.1, 0.15) is 46.0 Å². The second kappa shape index (κ2) is 7.31. The third-order valence-electron chi connectivity index (χ3n) is 2.77. The van der Waals surface area contributed by atoms with Crippen LogP contribution in [0.25, 0.3) is 0 Å². The predicted octanol–water partition coefficient (Wildman–Crippen LogP) is 2.45. The standard InChI is InChI=1S/C13H25N3/c1-11(2)16-13(14-3)15-10-9-12-7-5-4-6-8-12/h7,11H,4-6,8-10H2,1-3H3,(H2,14,15,16). The minimum absolute atomic E-state index is 0.431. The molecule has 0 aromatic rings. The number of hydrogen-bond acceptors (Lipinski definition) is 1. The molecule has 16 heavy (non-hydrogen) atoms. The lowest BCUT2D eigenvalue weighted by Gasteiger charge is -2.16. The molecule has 3 nitrogen and oxygen atoms in total. The summed E-state index contributed by atoms with van der Waals surface area (Å²) in [5.74, 6) is 0.909. The van der Waals surface area contributed by atoms with Crippen molar-refractivity contribution < 1.29 is 0 Å². The van der Waals surface area contributed by atoms with E-state index >= 15 is 0 Å². The molecule has 0 heterocycles. The molecule has 0 aliphatic heterocycles. The minimum atomic E-state index is 0.431. The van der Waals surface area contributed by atoms with Crippen LogP contribution in [0.3, 0.4) is 0 Å². The molecule has 1 rings (SSSR count). The van der Waals surface area contributed by atoms with E-state index in [1.165, 1.54) is 25.7 Å². The van der Waals surface area contributed by atoms with E-state index in [0.29, 0.717) is 6.04 Å². The van der Waals surface area contributed by atoms with E-state index in [4.69, 9.17) is 0 Å². The Balaban J connectivity index is 2.20. The lowest BCUT2D eigenvalue weighted by atomic mass is 9.97. The molecule has 0 radical (unpaired) electrons. The highest BCUT2D eigenvalue weighted by atomic mass is 15.2. The lowest BCUT2D eigenvalue weighted by molar-refractivity contribution is 0.658. The fraction of sp³-hybridized carbons (Fsp3) is 0.769. The molecule has 92 valence electrons. The summed E-state index contributed by atoms with van der Waals surface area (Å²) in [5.41, 5.74) is 1.61. The van der Waals surface area contributed by atoms with Crippen LogP contribution in [-0.2, 0) is 0 Å². The van der Waals surface area contributed by atoms with Gasteiger partial charge in [-0.2, -0.15) is 0 Å². The van der Waals surface area contributed by atoms with Gasteiger partial charge in [0, 0.05) is 19.6 Å². The Morgan fingerprint density at radius 2 is 2.25 bits per heavy atom. The van der Waals surface area contributed by atoms with E-state index in [9.17, 15) is 0 Å². The molecule has 0 aromatic carbocycles. The monoisotopic (exact) mass is 223 g/mol. The summed E-state index contributed by atoms with van der Waals surface area (Å²) >= 11 is 0. The first-order chi connectivity index (χ1) is 7.72. The summed E-state index contributed by atoms with van der Waals surface area (Å²) in [6.07, 6.45) is 8.85. The van der Waals surface area contributed by atoms with Crippen LogP contribution >= 0.6 is 0 Å². The van der Waals surface area contributed by atoms with Gasteiger partial charge in [-0.3, -0.25) is 4.99 Å². The average Bonchev–Trinajstić information content (AvgIpc) is 2.28. The Hall–Kier alpha value is -0.990. The zero-order chi connectivity index (χ0) is 11.8. The molecule has 2 N–H and O–H groups in total. The van der Waals surface area contributed by atoms with Gasteiger partial charge in [0.25, 0.3) is 0 Å². The Morgan fingerprint density at radius 1 is 1.44 bits per heavy atom. The van der Waals surface area contributed by atoms with Gasteiger partial charge in [0.2, 0.25) is 0 Å². The third-order valence-corrected chi connectivity index (χ3v) is 2.77. The van der Waals surface area contributed by atoms with Gasteiger partial charge in [0.05, 0.1) is 0 Å². The number of rotatable bonds is 4. The Kier molecular flexibility index (Phi) is 5.98. The van der Waals surface area contributed by atoms with E-state index in [2.05, 4.69) is 35.5 Å². The van der Waals surface area contributed by atoms with Gasteiger partial charge >= 0.3 is 0 Å². The van der Waals surface area contributed by atoms with Crippen LogP contribution < -0.4 is 10.6 Å². The van der Waals surface area contributed by atoms with E-state index in [1.54, 1.807) is 5.57 Å². The molecule has 1 aliphatic carbocycles. The van der Waals surface area contributed by atoms with Crippen molar-refractivity contribution in [2.75, 3.05) is 13.6 Å². The molecule has 0 atom stereocenters. The molecular weight excluding hydrogens is 198 g/mol. The number of nitrogens with zero attached hydrogens (tertiary/aromatic N) is 1. The molecule has 0 spiro atoms. The molecular formula is C13H25N3. The summed E-state index contributed by atoms with van der Waals surface area (Å²) < 4.78 is 0. The highest BCUT2D eigenvalue weighted by Crippen LogP contribution is 2.19. The average molecular weight is 223 g/mol. The molecule has 3 heteroatoms. The maximum atomic E-state index is 4.19. The van der Waals surface area contributed by atoms with Crippen LogP contribution in [0, 0.1) is 0 Å². The Labute approximate surface area is 99.4 Å². The second-order valence-corrected chi connectivity index (χ2v) is 4.66. The molecule has 0 fully saturated rings. The van der Waals surface area contributed by atoms with Gasteiger partial charge in [-0.25, -0.2) is 0 Å². The Morgan fingerprint density at radius 3 is 2.81 bits per heavy atom. The first-order valence-electron chi connectivity index (χ1n) is 6.37. The van der Waals surface area contributed by atoms with Crippen LogP contribution in [-0.4, -0.2) is 25.6 Å². The van der Waals surface area contributed by atoms with Crippen LogP contribution in [0.15, 0.2) is 16.6 Å². The van der Waals surface area contributed by atoms with E-state index in [1.807, 2.05) is 7.05 Å². The number of nitrogens with one attached hydrogen (secondary N) is 2. The number of guanidine groups is 1. The number of hydrogen-bond donors (Lipinski definition) is 2. The lowest BCUT2D eigenvalue weighted by Crippen LogP contribution is -2.41.